The molecule has 4 atom stereocenters. The van der Waals surface area contributed by atoms with E-state index in [1.807, 2.05) is 24.3 Å². The molecule has 2 aromatic rings. The Balaban J connectivity index is 1.23. The summed E-state index contributed by atoms with van der Waals surface area (Å²) in [7, 11) is 0. The smallest absolute Gasteiger partial charge is 0.308 e. The number of fused-ring (bicyclic) bond motifs is 1. The number of aliphatic hydroxyl groups excluding tert-OH is 1. The van der Waals surface area contributed by atoms with Crippen LogP contribution in [0.15, 0.2) is 54.6 Å². The van der Waals surface area contributed by atoms with Crippen molar-refractivity contribution in [3.05, 3.63) is 65.7 Å². The van der Waals surface area contributed by atoms with E-state index in [1.165, 1.54) is 25.3 Å². The molecule has 2 saturated carbocycles. The molecule has 1 heterocycles. The van der Waals surface area contributed by atoms with E-state index in [0.717, 1.165) is 69.6 Å². The Hall–Kier alpha value is -2.70. The van der Waals surface area contributed by atoms with Gasteiger partial charge in [0.15, 0.2) is 0 Å². The number of likely N-dealkylation sites (tertiary alicyclic amines) is 1. The number of piperidine rings is 1. The van der Waals surface area contributed by atoms with Gasteiger partial charge in [0.25, 0.3) is 0 Å². The monoisotopic (exact) mass is 532 g/mol. The first-order valence-corrected chi connectivity index (χ1v) is 14.9. The lowest BCUT2D eigenvalue weighted by Gasteiger charge is -2.55. The number of benzene rings is 2. The fourth-order valence-electron chi connectivity index (χ4n) is 7.00. The van der Waals surface area contributed by atoms with Gasteiger partial charge in [-0.1, -0.05) is 48.9 Å². The zero-order valence-electron chi connectivity index (χ0n) is 23.3. The van der Waals surface area contributed by atoms with Crippen LogP contribution in [0.3, 0.4) is 0 Å². The molecule has 5 rings (SSSR count). The number of unbranched alkanes of at least 4 members (excludes halogenated alkanes) is 2. The van der Waals surface area contributed by atoms with Crippen LogP contribution in [0.1, 0.15) is 75.8 Å². The molecule has 1 aliphatic heterocycles. The molecule has 0 spiro atoms. The second-order valence-corrected chi connectivity index (χ2v) is 12.2. The topological polar surface area (TPSA) is 78.9 Å². The van der Waals surface area contributed by atoms with Gasteiger partial charge >= 0.3 is 5.97 Å². The van der Waals surface area contributed by atoms with Crippen LogP contribution in [0, 0.1) is 11.8 Å². The Kier molecular flexibility index (Phi) is 9.03. The molecular weight excluding hydrogens is 488 g/mol. The molecule has 1 unspecified atom stereocenters. The third-order valence-corrected chi connectivity index (χ3v) is 9.10. The number of amides is 1. The minimum absolute atomic E-state index is 0.0690. The molecule has 2 aromatic carbocycles. The molecule has 39 heavy (non-hydrogen) atoms. The highest BCUT2D eigenvalue weighted by atomic mass is 16.5. The molecule has 0 radical (unpaired) electrons. The summed E-state index contributed by atoms with van der Waals surface area (Å²) in [6.07, 6.45) is 9.03. The van der Waals surface area contributed by atoms with Gasteiger partial charge in [0.2, 0.25) is 5.91 Å². The third-order valence-electron chi connectivity index (χ3n) is 9.10. The van der Waals surface area contributed by atoms with Crippen molar-refractivity contribution >= 4 is 11.9 Å². The summed E-state index contributed by atoms with van der Waals surface area (Å²) in [5, 5.41) is 14.8. The lowest BCUT2D eigenvalue weighted by atomic mass is 9.57. The average Bonchev–Trinajstić information content (AvgIpc) is 3.73. The average molecular weight is 533 g/mol. The predicted octanol–water partition coefficient (Wildman–Crippen LogP) is 5.02. The van der Waals surface area contributed by atoms with Crippen LogP contribution < -0.4 is 10.1 Å². The second kappa shape index (κ2) is 12.6. The summed E-state index contributed by atoms with van der Waals surface area (Å²) in [6.45, 7) is 4.40. The van der Waals surface area contributed by atoms with Gasteiger partial charge in [-0.2, -0.15) is 0 Å². The highest BCUT2D eigenvalue weighted by Gasteiger charge is 2.52. The summed E-state index contributed by atoms with van der Waals surface area (Å²) in [6, 6.07) is 18.3. The molecule has 3 fully saturated rings. The number of hydrogen-bond donors (Lipinski definition) is 2. The van der Waals surface area contributed by atoms with E-state index in [4.69, 9.17) is 4.74 Å². The number of aliphatic hydroxyl groups is 1. The van der Waals surface area contributed by atoms with Crippen LogP contribution >= 0.6 is 0 Å². The summed E-state index contributed by atoms with van der Waals surface area (Å²) >= 11 is 0. The van der Waals surface area contributed by atoms with Crippen molar-refractivity contribution in [3.63, 3.8) is 0 Å². The van der Waals surface area contributed by atoms with Crippen LogP contribution in [0.25, 0.3) is 0 Å². The first-order chi connectivity index (χ1) is 18.9. The first kappa shape index (κ1) is 27.9. The number of nitrogens with one attached hydrogen (secondary N) is 1. The Morgan fingerprint density at radius 3 is 2.67 bits per heavy atom. The Morgan fingerprint density at radius 2 is 1.90 bits per heavy atom. The van der Waals surface area contributed by atoms with Gasteiger partial charge < -0.3 is 20.1 Å². The van der Waals surface area contributed by atoms with Crippen LogP contribution in [0.5, 0.6) is 5.75 Å². The Bertz CT molecular complexity index is 1120. The molecular formula is C33H44N2O4. The third kappa shape index (κ3) is 7.29. The number of carbonyl (C=O) groups is 2. The molecule has 1 saturated heterocycles. The van der Waals surface area contributed by atoms with E-state index in [0.29, 0.717) is 18.6 Å². The van der Waals surface area contributed by atoms with E-state index in [1.54, 1.807) is 0 Å². The Morgan fingerprint density at radius 1 is 1.08 bits per heavy atom. The quantitative estimate of drug-likeness (QED) is 0.241. The number of esters is 1. The highest BCUT2D eigenvalue weighted by molar-refractivity contribution is 5.76. The van der Waals surface area contributed by atoms with Crippen molar-refractivity contribution in [1.29, 1.82) is 0 Å². The van der Waals surface area contributed by atoms with Gasteiger partial charge in [0, 0.05) is 43.8 Å². The van der Waals surface area contributed by atoms with Crippen LogP contribution in [0.4, 0.5) is 0 Å². The van der Waals surface area contributed by atoms with Gasteiger partial charge in [0.1, 0.15) is 5.75 Å². The maximum atomic E-state index is 12.9. The summed E-state index contributed by atoms with van der Waals surface area (Å²) in [4.78, 5) is 27.1. The number of ether oxygens (including phenoxy) is 1. The summed E-state index contributed by atoms with van der Waals surface area (Å²) < 4.78 is 5.43. The minimum Gasteiger partial charge on any atom is -0.427 e. The van der Waals surface area contributed by atoms with Gasteiger partial charge in [0.05, 0.1) is 6.10 Å². The predicted molar refractivity (Wildman–Crippen MR) is 152 cm³/mol. The van der Waals surface area contributed by atoms with E-state index in [9.17, 15) is 14.7 Å². The second-order valence-electron chi connectivity index (χ2n) is 12.2. The van der Waals surface area contributed by atoms with Crippen LogP contribution in [-0.4, -0.2) is 53.7 Å². The zero-order chi connectivity index (χ0) is 27.2. The van der Waals surface area contributed by atoms with E-state index < -0.39 is 6.10 Å². The van der Waals surface area contributed by atoms with E-state index in [-0.39, 0.29) is 29.3 Å². The molecule has 6 heteroatoms. The zero-order valence-corrected chi connectivity index (χ0v) is 23.3. The number of carbonyl (C=O) groups excluding carboxylic acids is 2. The fraction of sp³-hybridized carbons (Fsp3) is 0.576. The fourth-order valence-corrected chi connectivity index (χ4v) is 7.00. The molecule has 2 N–H and O–H groups in total. The van der Waals surface area contributed by atoms with Gasteiger partial charge in [-0.25, -0.2) is 0 Å². The van der Waals surface area contributed by atoms with E-state index in [2.05, 4.69) is 40.5 Å². The number of aryl methyl sites for hydroxylation is 1. The number of rotatable bonds is 11. The maximum absolute atomic E-state index is 12.9. The molecule has 0 aromatic heterocycles. The molecule has 2 aliphatic carbocycles. The van der Waals surface area contributed by atoms with Crippen molar-refractivity contribution in [2.24, 2.45) is 11.8 Å². The van der Waals surface area contributed by atoms with Crippen molar-refractivity contribution < 1.29 is 19.4 Å². The highest BCUT2D eigenvalue weighted by Crippen LogP contribution is 2.50. The van der Waals surface area contributed by atoms with Gasteiger partial charge in [-0.3, -0.25) is 9.59 Å². The normalized spacial score (nSPS) is 27.0. The summed E-state index contributed by atoms with van der Waals surface area (Å²) in [5.41, 5.74) is 2.19. The van der Waals surface area contributed by atoms with Crippen LogP contribution in [0.2, 0.25) is 0 Å². The molecule has 6 nitrogen and oxygen atoms in total. The van der Waals surface area contributed by atoms with Gasteiger partial charge in [-0.15, -0.1) is 0 Å². The van der Waals surface area contributed by atoms with Crippen molar-refractivity contribution in [3.8, 4) is 5.75 Å². The lowest BCUT2D eigenvalue weighted by Crippen LogP contribution is -2.61. The Labute approximate surface area is 233 Å². The van der Waals surface area contributed by atoms with Crippen molar-refractivity contribution in [1.82, 2.24) is 10.2 Å². The van der Waals surface area contributed by atoms with Crippen molar-refractivity contribution in [2.75, 3.05) is 19.6 Å². The number of hydrogen-bond acceptors (Lipinski definition) is 5. The SMILES string of the molecule is CC(=O)Oc1cccc([C@@]23CCN(CC4CC4)C[C@H]2C(O)C[C@H](NC(=O)CCCCCc2ccccc2)C3)c1. The van der Waals surface area contributed by atoms with E-state index >= 15 is 0 Å². The largest absolute Gasteiger partial charge is 0.427 e. The van der Waals surface area contributed by atoms with Crippen LogP contribution in [-0.2, 0) is 21.4 Å². The molecule has 0 bridgehead atoms. The summed E-state index contributed by atoms with van der Waals surface area (Å²) in [5.74, 6) is 1.19. The standard InChI is InChI=1S/C33H44N2O4/c1-24(36)39-29-13-8-12-27(19-29)33-17-18-35(22-26-15-16-26)23-30(33)31(37)20-28(21-33)34-32(38)14-7-3-6-11-25-9-4-2-5-10-25/h2,4-5,8-10,12-13,19,26,28,30-31,37H,3,6-7,11,14-18,20-23H2,1H3,(H,34,38)/t28-,30-,31?,33-/m0/s1. The molecule has 210 valence electrons. The minimum atomic E-state index is -0.491. The number of nitrogens with zero attached hydrogens (tertiary/aromatic N) is 1. The first-order valence-electron chi connectivity index (χ1n) is 14.9. The maximum Gasteiger partial charge on any atom is 0.308 e. The lowest BCUT2D eigenvalue weighted by molar-refractivity contribution is -0.132. The van der Waals surface area contributed by atoms with Gasteiger partial charge in [-0.05, 0) is 87.1 Å². The molecule has 3 aliphatic rings. The van der Waals surface area contributed by atoms with Crippen molar-refractivity contribution in [2.45, 2.75) is 88.7 Å². The molecule has 1 amide bonds.